The van der Waals surface area contributed by atoms with Crippen LogP contribution in [0.15, 0.2) is 59.3 Å². The number of hydrogen-bond acceptors (Lipinski definition) is 18. The molecule has 5 N–H and O–H groups in total. The fraction of sp³-hybridized carbons (Fsp3) is 0.588. The Morgan fingerprint density at radius 1 is 0.972 bits per heavy atom. The van der Waals surface area contributed by atoms with Crippen LogP contribution in [-0.2, 0) is 61.8 Å². The van der Waals surface area contributed by atoms with Gasteiger partial charge in [-0.1, -0.05) is 39.0 Å². The summed E-state index contributed by atoms with van der Waals surface area (Å²) in [6.45, 7) is 16.6. The zero-order valence-corrected chi connectivity index (χ0v) is 41.7. The number of aliphatic hydroxyl groups excluding tert-OH is 2. The first kappa shape index (κ1) is 53.0. The smallest absolute Gasteiger partial charge is 0.312 e. The molecule has 8 rings (SSSR count). The fourth-order valence-corrected chi connectivity index (χ4v) is 9.95. The molecule has 71 heavy (non-hydrogen) atoms. The average molecular weight is 996 g/mol. The lowest BCUT2D eigenvalue weighted by atomic mass is 9.77. The number of fused-ring (bicyclic) bond motifs is 14. The number of carbonyl (C=O) groups excluding carboxylic acids is 4. The summed E-state index contributed by atoms with van der Waals surface area (Å²) in [6.07, 6.45) is -1.15. The van der Waals surface area contributed by atoms with Gasteiger partial charge in [0, 0.05) is 66.7 Å². The normalized spacial score (nSPS) is 34.9. The molecule has 1 aromatic rings. The second kappa shape index (κ2) is 20.8. The molecule has 6 aliphatic heterocycles. The molecular weight excluding hydrogens is 931 g/mol. The number of benzene rings is 1. The number of ketones is 1. The van der Waals surface area contributed by atoms with Gasteiger partial charge in [0.25, 0.3) is 5.91 Å². The molecule has 1 aliphatic carbocycles. The van der Waals surface area contributed by atoms with Crippen molar-refractivity contribution < 1.29 is 91.8 Å². The van der Waals surface area contributed by atoms with Gasteiger partial charge < -0.3 is 73.1 Å². The van der Waals surface area contributed by atoms with Crippen LogP contribution in [0.5, 0.6) is 11.5 Å². The number of esters is 2. The minimum atomic E-state index is -1.74. The zero-order chi connectivity index (χ0) is 52.0. The number of allylic oxidation sites excluding steroid dienone is 4. The Bertz CT molecular complexity index is 2450. The quantitative estimate of drug-likeness (QED) is 0.158. The van der Waals surface area contributed by atoms with Gasteiger partial charge in [-0.15, -0.1) is 0 Å². The summed E-state index contributed by atoms with van der Waals surface area (Å²) < 4.78 is 61.3. The SMILES string of the molecule is CC(=O)OC1C(C)C(OC2CC3OCOC3C(C)O2)C=COC2(C)OC3=C(C)C(=O)c4c(O)c(cc5c4C3=C2OCO5)NC(=O)/C(C)=C\C=C\C(C(C)OC(=O)C(C)(C)CC(=O)O)C(O)C(C)C(O)C1C. The molecule has 14 unspecified atom stereocenters. The van der Waals surface area contributed by atoms with Gasteiger partial charge in [0.15, 0.2) is 23.6 Å². The summed E-state index contributed by atoms with van der Waals surface area (Å²) in [4.78, 5) is 65.9. The minimum absolute atomic E-state index is 0.0859. The average Bonchev–Trinajstić information content (AvgIpc) is 3.83. The van der Waals surface area contributed by atoms with E-state index in [0.29, 0.717) is 0 Å². The standard InChI is InChI=1S/C51H65NO19/c1-22-13-12-14-30(27(6)68-49(61)50(9,10)19-35(54)55)41(57)24(3)40(56)25(4)44(69-29(8)53)23(2)32(70-36-18-34-46(28(7)67-36)64-20-63-34)15-16-66-51(11)47-39-37-33(62-21-65-47)17-31(52-48(22)60)43(59)38(37)42(58)26(5)45(39)71-51/h12-17,23-25,27-28,30,32,34,36,40-41,44,46,56-57,59H,18-21H2,1-11H3,(H,52,60)(H,54,55)/b14-12+,16-15?,22-13-. The van der Waals surface area contributed by atoms with Crippen LogP contribution in [0.25, 0.3) is 5.57 Å². The number of Topliss-reactive ketones (excluding diaryl/α,β-unsaturated/α-hetero) is 1. The number of carbonyl (C=O) groups is 5. The second-order valence-corrected chi connectivity index (χ2v) is 19.9. The van der Waals surface area contributed by atoms with E-state index >= 15 is 0 Å². The number of rotatable bonds is 8. The molecular formula is C51H65NO19. The first-order valence-electron chi connectivity index (χ1n) is 23.7. The number of hydrogen-bond donors (Lipinski definition) is 5. The maximum atomic E-state index is 14.2. The number of anilines is 1. The molecule has 2 saturated heterocycles. The van der Waals surface area contributed by atoms with E-state index in [4.69, 9.17) is 47.4 Å². The summed E-state index contributed by atoms with van der Waals surface area (Å²) in [5, 5.41) is 48.3. The number of nitrogens with one attached hydrogen (secondary N) is 1. The van der Waals surface area contributed by atoms with Crippen molar-refractivity contribution in [1.82, 2.24) is 0 Å². The molecule has 2 fully saturated rings. The number of ether oxygens (including phenoxy) is 10. The molecule has 6 heterocycles. The Morgan fingerprint density at radius 3 is 2.38 bits per heavy atom. The van der Waals surface area contributed by atoms with Crippen LogP contribution in [0.3, 0.4) is 0 Å². The number of aliphatic hydroxyl groups is 2. The lowest BCUT2D eigenvalue weighted by molar-refractivity contribution is -0.246. The van der Waals surface area contributed by atoms with Crippen LogP contribution < -0.4 is 10.1 Å². The maximum Gasteiger partial charge on any atom is 0.312 e. The van der Waals surface area contributed by atoms with Gasteiger partial charge in [-0.05, 0) is 47.6 Å². The van der Waals surface area contributed by atoms with E-state index in [9.17, 15) is 44.4 Å². The second-order valence-electron chi connectivity index (χ2n) is 19.9. The van der Waals surface area contributed by atoms with E-state index in [-0.39, 0.29) is 76.2 Å². The van der Waals surface area contributed by atoms with Crippen molar-refractivity contribution in [3.8, 4) is 11.5 Å². The highest BCUT2D eigenvalue weighted by Gasteiger charge is 2.53. The highest BCUT2D eigenvalue weighted by Crippen LogP contribution is 2.56. The van der Waals surface area contributed by atoms with Crippen LogP contribution >= 0.6 is 0 Å². The van der Waals surface area contributed by atoms with Crippen LogP contribution in [0.4, 0.5) is 5.69 Å². The van der Waals surface area contributed by atoms with Crippen molar-refractivity contribution in [2.75, 3.05) is 18.9 Å². The van der Waals surface area contributed by atoms with Crippen LogP contribution in [0.2, 0.25) is 0 Å². The van der Waals surface area contributed by atoms with Crippen LogP contribution in [0, 0.1) is 29.1 Å². The third kappa shape index (κ3) is 10.6. The van der Waals surface area contributed by atoms with Gasteiger partial charge in [-0.3, -0.25) is 24.0 Å². The van der Waals surface area contributed by atoms with Crippen molar-refractivity contribution in [2.24, 2.45) is 29.1 Å². The Morgan fingerprint density at radius 2 is 1.69 bits per heavy atom. The monoisotopic (exact) mass is 995 g/mol. The third-order valence-corrected chi connectivity index (χ3v) is 14.2. The summed E-state index contributed by atoms with van der Waals surface area (Å²) >= 11 is 0. The van der Waals surface area contributed by atoms with Crippen molar-refractivity contribution in [3.05, 3.63) is 70.4 Å². The number of amides is 1. The van der Waals surface area contributed by atoms with Gasteiger partial charge in [0.1, 0.15) is 36.6 Å². The van der Waals surface area contributed by atoms with E-state index in [1.165, 1.54) is 72.1 Å². The molecule has 0 saturated carbocycles. The zero-order valence-electron chi connectivity index (χ0n) is 41.7. The van der Waals surface area contributed by atoms with Crippen molar-refractivity contribution in [2.45, 2.75) is 150 Å². The van der Waals surface area contributed by atoms with E-state index < -0.39 is 126 Å². The lowest BCUT2D eigenvalue weighted by Crippen LogP contribution is -2.50. The number of carboxylic acid groups (broad SMARTS) is 1. The topological polar surface area (TPSA) is 271 Å². The van der Waals surface area contributed by atoms with Crippen molar-refractivity contribution in [3.63, 3.8) is 0 Å². The molecule has 1 aromatic carbocycles. The lowest BCUT2D eigenvalue weighted by Gasteiger charge is -2.41. The number of phenolic OH excluding ortho intramolecular Hbond substituents is 1. The molecule has 20 nitrogen and oxygen atoms in total. The molecule has 0 radical (unpaired) electrons. The minimum Gasteiger partial charge on any atom is -0.505 e. The molecule has 388 valence electrons. The third-order valence-electron chi connectivity index (χ3n) is 14.2. The Hall–Kier alpha value is -5.77. The number of phenols is 1. The van der Waals surface area contributed by atoms with Crippen LogP contribution in [-0.4, -0.2) is 125 Å². The number of carboxylic acids is 1. The van der Waals surface area contributed by atoms with Gasteiger partial charge in [0.2, 0.25) is 6.79 Å². The molecule has 14 atom stereocenters. The number of aliphatic carboxylic acids is 1. The predicted octanol–water partition coefficient (Wildman–Crippen LogP) is 5.54. The highest BCUT2D eigenvalue weighted by molar-refractivity contribution is 6.21. The first-order valence-corrected chi connectivity index (χ1v) is 23.7. The molecule has 7 aliphatic rings. The van der Waals surface area contributed by atoms with E-state index in [1.54, 1.807) is 33.8 Å². The van der Waals surface area contributed by atoms with Gasteiger partial charge >= 0.3 is 23.7 Å². The van der Waals surface area contributed by atoms with E-state index in [0.717, 1.165) is 0 Å². The van der Waals surface area contributed by atoms with E-state index in [1.807, 2.05) is 6.92 Å². The van der Waals surface area contributed by atoms with Crippen LogP contribution in [0.1, 0.15) is 105 Å². The van der Waals surface area contributed by atoms with Gasteiger partial charge in [-0.25, -0.2) is 0 Å². The highest BCUT2D eigenvalue weighted by atomic mass is 16.8. The fourth-order valence-electron chi connectivity index (χ4n) is 9.95. The number of aromatic hydroxyl groups is 1. The Kier molecular flexibility index (Phi) is 15.5. The van der Waals surface area contributed by atoms with Gasteiger partial charge in [0.05, 0.1) is 65.4 Å². The maximum absolute atomic E-state index is 14.2. The largest absolute Gasteiger partial charge is 0.505 e. The van der Waals surface area contributed by atoms with Crippen molar-refractivity contribution in [1.29, 1.82) is 0 Å². The summed E-state index contributed by atoms with van der Waals surface area (Å²) in [5.41, 5.74) is -1.13. The summed E-state index contributed by atoms with van der Waals surface area (Å²) in [5.74, 6) is -9.85. The molecule has 0 aromatic heterocycles. The first-order chi connectivity index (χ1) is 33.3. The Labute approximate surface area is 411 Å². The summed E-state index contributed by atoms with van der Waals surface area (Å²) in [7, 11) is 0. The molecule has 0 spiro atoms. The summed E-state index contributed by atoms with van der Waals surface area (Å²) in [6, 6.07) is 1.36. The molecule has 7 bridgehead atoms. The predicted molar refractivity (Wildman–Crippen MR) is 248 cm³/mol. The Balaban J connectivity index is 1.34. The van der Waals surface area contributed by atoms with E-state index in [2.05, 4.69) is 5.32 Å². The van der Waals surface area contributed by atoms with Gasteiger partial charge in [-0.2, -0.15) is 0 Å². The van der Waals surface area contributed by atoms with Crippen molar-refractivity contribution >= 4 is 40.9 Å². The molecule has 1 amide bonds. The molecule has 20 heteroatoms.